The highest BCUT2D eigenvalue weighted by Gasteiger charge is 2.52. The third-order valence-electron chi connectivity index (χ3n) is 21.5. The maximum Gasteiger partial charge on any atom is 0.349 e. The van der Waals surface area contributed by atoms with Gasteiger partial charge in [-0.05, 0) is 139 Å². The quantitative estimate of drug-likeness (QED) is 0.0386. The summed E-state index contributed by atoms with van der Waals surface area (Å²) >= 11 is 20.1. The Kier molecular flexibility index (Phi) is 29.6. The lowest BCUT2D eigenvalue weighted by Crippen LogP contribution is -2.65. The van der Waals surface area contributed by atoms with Crippen LogP contribution in [0.4, 0.5) is 10.2 Å². The number of primary amides is 2. The van der Waals surface area contributed by atoms with E-state index in [-0.39, 0.29) is 60.2 Å². The second-order valence-electron chi connectivity index (χ2n) is 31.2. The van der Waals surface area contributed by atoms with Gasteiger partial charge in [0, 0.05) is 48.4 Å². The highest BCUT2D eigenvalue weighted by Crippen LogP contribution is 2.50. The van der Waals surface area contributed by atoms with E-state index in [1.54, 1.807) is 20.8 Å². The zero-order valence-corrected chi connectivity index (χ0v) is 70.1. The zero-order chi connectivity index (χ0) is 92.1. The van der Waals surface area contributed by atoms with Gasteiger partial charge in [-0.2, -0.15) is 4.98 Å². The Labute approximate surface area is 735 Å². The molecule has 7 aromatic rings. The summed E-state index contributed by atoms with van der Waals surface area (Å²) in [5.41, 5.74) is 7.92. The molecule has 2 saturated heterocycles. The number of nitrogens with one attached hydrogen (secondary N) is 10. The van der Waals surface area contributed by atoms with Crippen LogP contribution in [0.1, 0.15) is 111 Å². The lowest BCUT2D eigenvalue weighted by Gasteiger charge is -2.48. The van der Waals surface area contributed by atoms with Crippen LogP contribution in [-0.2, 0) is 80.0 Å². The molecule has 11 bridgehead atoms. The Morgan fingerprint density at radius 2 is 1.36 bits per heavy atom. The molecule has 0 saturated carbocycles. The molecule has 0 aliphatic carbocycles. The number of hydrogen-bond donors (Lipinski definition) is 21. The largest absolute Gasteiger partial charge is 0.508 e. The van der Waals surface area contributed by atoms with Gasteiger partial charge in [0.2, 0.25) is 65.2 Å². The molecule has 0 spiro atoms. The van der Waals surface area contributed by atoms with Crippen molar-refractivity contribution in [2.45, 2.75) is 169 Å². The van der Waals surface area contributed by atoms with Crippen LogP contribution in [0.2, 0.25) is 15.1 Å². The minimum Gasteiger partial charge on any atom is -0.508 e. The number of aliphatic hydroxyl groups excluding tert-OH is 6. The van der Waals surface area contributed by atoms with Gasteiger partial charge in [-0.3, -0.25) is 57.4 Å². The molecule has 8 heterocycles. The molecule has 23 N–H and O–H groups in total. The van der Waals surface area contributed by atoms with Gasteiger partial charge >= 0.3 is 5.69 Å². The highest BCUT2D eigenvalue weighted by atomic mass is 35.5. The van der Waals surface area contributed by atoms with Crippen molar-refractivity contribution in [3.63, 3.8) is 0 Å². The smallest absolute Gasteiger partial charge is 0.349 e. The van der Waals surface area contributed by atoms with E-state index >= 15 is 24.0 Å². The molecule has 7 aliphatic rings. The van der Waals surface area contributed by atoms with Crippen molar-refractivity contribution in [2.75, 3.05) is 32.1 Å². The second kappa shape index (κ2) is 39.9. The monoisotopic (exact) mass is 1830 g/mol. The standard InChI is InChI=1S/C82H90Cl3FN14O27/c1-32(2)18-46(89-5)73(113)97-64-66(108)36-8-12-50(43(84)22-36)123-52-24-38-25-53(70(52)127-80-71(69(111)68(110)54(30-101)125-80)126-59-29-82(4,72(112)33(3)122-59)90-15-17-100-16-14-57(93-81(100)120)92-58(107)20-34-6-10-42(83)45(86)19-34)124-51-13-9-37(23-44(51)85)67(109)65-78(118)96-63(79(119)99-121-31-56(88)106)41-26-39(102)27-49(104)60(41)40-21-35(7-11-48(40)103)61(75(115)98-65)95-76(116)62(38)94-74(114)47(28-55(87)105)91-77(64)117/h6-14,16,19,21-27,32-33,46-47,54,59,61-69,71-72,80,89-90,101-104,108-112H,15,17-18,20,28-31H2,1-5H3,(H2,87,105)(H2,88,106)(H,91,117)(H,94,114)(H,95,116)(H,96,118)(H,97,113)(H,98,115)(H,99,119)(H,92,93,107,120)/t33-,46+,47-,54+,59-,61+,62+,63+,64+,65-,66+,67+,68+,69-,71+,72+,80-,82-/m0/s1. The zero-order valence-electron chi connectivity index (χ0n) is 67.9. The van der Waals surface area contributed by atoms with Crippen LogP contribution < -0.4 is 84.7 Å². The number of anilines is 1. The number of aromatic nitrogens is 2. The van der Waals surface area contributed by atoms with Crippen molar-refractivity contribution in [1.29, 1.82) is 0 Å². The summed E-state index contributed by atoms with van der Waals surface area (Å²) in [7, 11) is 1.46. The van der Waals surface area contributed by atoms with Gasteiger partial charge in [0.15, 0.2) is 30.5 Å². The average molecular weight is 1830 g/mol. The Bertz CT molecular complexity index is 5490. The molecule has 127 heavy (non-hydrogen) atoms. The molecule has 1 aromatic heterocycles. The van der Waals surface area contributed by atoms with Crippen molar-refractivity contribution >= 4 is 99.7 Å². The van der Waals surface area contributed by atoms with Crippen LogP contribution in [-0.4, -0.2) is 220 Å². The first-order chi connectivity index (χ1) is 60.2. The molecule has 41 nitrogen and oxygen atoms in total. The van der Waals surface area contributed by atoms with Crippen molar-refractivity contribution in [3.8, 4) is 57.1 Å². The SMILES string of the molecule is CN[C@H](CC(C)C)C(=O)N[C@H]1C(=O)N[C@@H](CC(N)=O)C(=O)N[C@H]2C(=O)N[C@H]3C(=O)N[C@H](C(=O)N[C@@H](C(=O)NOCC(N)=O)c4cc(O)cc(O)c4-c4cc3ccc4O)[C@H](O)c3ccc(c(Cl)c3)Oc3cc2cc(c3O[C@@H]2O[C@H](CO)[C@@H](O)[C@H](O)[C@H]2O[C@H]2C[C@](C)(NCCn3ccc(NC(=O)Cc4ccc(Cl)c(F)c4)nc3=O)[C@H](O)[C@H](C)O2)Oc2ccc(cc2Cl)[C@H]1O. The number of rotatable bonds is 23. The van der Waals surface area contributed by atoms with E-state index in [1.165, 1.54) is 49.0 Å². The fourth-order valence-electron chi connectivity index (χ4n) is 15.0. The number of nitrogens with two attached hydrogens (primary N) is 2. The number of nitrogens with zero attached hydrogens (tertiary/aromatic N) is 2. The Morgan fingerprint density at radius 1 is 0.709 bits per heavy atom. The number of ether oxygens (including phenoxy) is 6. The first-order valence-electron chi connectivity index (χ1n) is 39.4. The molecule has 678 valence electrons. The maximum absolute atomic E-state index is 16.3. The van der Waals surface area contributed by atoms with E-state index in [9.17, 15) is 79.1 Å². The minimum absolute atomic E-state index is 0.0731. The fraction of sp³-hybridized carbons (Fsp3) is 0.390. The van der Waals surface area contributed by atoms with Gasteiger partial charge in [0.1, 0.15) is 107 Å². The first-order valence-corrected chi connectivity index (χ1v) is 40.5. The van der Waals surface area contributed by atoms with Gasteiger partial charge in [-0.25, -0.2) is 14.7 Å². The number of benzene rings is 6. The van der Waals surface area contributed by atoms with E-state index in [0.717, 1.165) is 78.9 Å². The van der Waals surface area contributed by atoms with Crippen LogP contribution in [0, 0.1) is 11.7 Å². The number of likely N-dealkylation sites (N-methyl/N-ethyl adjacent to an activating group) is 1. The van der Waals surface area contributed by atoms with Gasteiger partial charge < -0.3 is 134 Å². The summed E-state index contributed by atoms with van der Waals surface area (Å²) in [5, 5.41) is 129. The number of amides is 10. The van der Waals surface area contributed by atoms with E-state index in [0.29, 0.717) is 5.56 Å². The van der Waals surface area contributed by atoms with E-state index in [4.69, 9.17) is 79.5 Å². The number of carbonyl (C=O) groups is 10. The topological polar surface area (TPSA) is 625 Å². The van der Waals surface area contributed by atoms with Gasteiger partial charge in [-0.15, -0.1) is 0 Å². The number of aromatic hydroxyl groups is 3. The maximum atomic E-state index is 16.3. The Morgan fingerprint density at radius 3 is 1.99 bits per heavy atom. The van der Waals surface area contributed by atoms with E-state index in [2.05, 4.69) is 52.8 Å². The molecule has 18 atom stereocenters. The Balaban J connectivity index is 0.999. The molecule has 2 fully saturated rings. The third kappa shape index (κ3) is 21.7. The van der Waals surface area contributed by atoms with Gasteiger partial charge in [0.25, 0.3) is 5.91 Å². The van der Waals surface area contributed by atoms with Crippen molar-refractivity contribution in [2.24, 2.45) is 17.4 Å². The predicted molar refractivity (Wildman–Crippen MR) is 441 cm³/mol. The van der Waals surface area contributed by atoms with Crippen molar-refractivity contribution in [3.05, 3.63) is 174 Å². The van der Waals surface area contributed by atoms with Crippen molar-refractivity contribution < 1.29 is 132 Å². The molecule has 6 aromatic carbocycles. The van der Waals surface area contributed by atoms with E-state index in [1.807, 2.05) is 5.48 Å². The highest BCUT2D eigenvalue weighted by molar-refractivity contribution is 6.32. The van der Waals surface area contributed by atoms with Crippen LogP contribution in [0.25, 0.3) is 11.1 Å². The molecular formula is C82H90Cl3FN14O27. The lowest BCUT2D eigenvalue weighted by molar-refractivity contribution is -0.334. The summed E-state index contributed by atoms with van der Waals surface area (Å²) in [4.78, 5) is 167. The normalized spacial score (nSPS) is 25.7. The number of hydrogen-bond acceptors (Lipinski definition) is 30. The molecule has 45 heteroatoms. The molecule has 0 unspecified atom stereocenters. The van der Waals surface area contributed by atoms with Gasteiger partial charge in [-0.1, -0.05) is 72.9 Å². The van der Waals surface area contributed by atoms with Crippen LogP contribution >= 0.6 is 34.8 Å². The summed E-state index contributed by atoms with van der Waals surface area (Å²) in [5.74, 6) is -18.9. The summed E-state index contributed by atoms with van der Waals surface area (Å²) < 4.78 is 54.6. The fourth-order valence-corrected chi connectivity index (χ4v) is 15.6. The first kappa shape index (κ1) is 94.2. The van der Waals surface area contributed by atoms with Crippen LogP contribution in [0.3, 0.4) is 0 Å². The number of hydroxylamine groups is 1. The summed E-state index contributed by atoms with van der Waals surface area (Å²) in [6.07, 6.45) is -18.8. The molecule has 14 rings (SSSR count). The van der Waals surface area contributed by atoms with Crippen LogP contribution in [0.5, 0.6) is 46.0 Å². The number of aliphatic hydroxyl groups is 6. The Hall–Kier alpha value is -12.0. The van der Waals surface area contributed by atoms with Crippen LogP contribution in [0.15, 0.2) is 114 Å². The molecule has 0 radical (unpaired) electrons. The molecule has 10 amide bonds. The average Bonchev–Trinajstić information content (AvgIpc) is 0.762. The number of carbonyl (C=O) groups excluding carboxylic acids is 10. The molecular weight excluding hydrogens is 1740 g/mol. The number of phenols is 3. The predicted octanol–water partition coefficient (Wildman–Crippen LogP) is 0.416. The third-order valence-corrected chi connectivity index (χ3v) is 22.4. The van der Waals surface area contributed by atoms with Crippen molar-refractivity contribution in [1.82, 2.24) is 57.6 Å². The molecule has 7 aliphatic heterocycles. The summed E-state index contributed by atoms with van der Waals surface area (Å²) in [6.45, 7) is 4.47. The number of fused-ring (bicyclic) bond motifs is 15. The van der Waals surface area contributed by atoms with Gasteiger partial charge in [0.05, 0.1) is 52.8 Å². The summed E-state index contributed by atoms with van der Waals surface area (Å²) in [6, 6.07) is 3.83. The number of halogens is 4. The lowest BCUT2D eigenvalue weighted by atomic mass is 9.85. The second-order valence-corrected chi connectivity index (χ2v) is 32.4. The minimum atomic E-state index is -2.43. The van der Waals surface area contributed by atoms with E-state index < -0.39 is 283 Å². The number of phenolic OH excluding ortho intramolecular Hbond substituents is 3.